The zero-order valence-electron chi connectivity index (χ0n) is 19.6. The van der Waals surface area contributed by atoms with E-state index in [-0.39, 0.29) is 28.2 Å². The fourth-order valence-electron chi connectivity index (χ4n) is 4.48. The molecule has 182 valence electrons. The van der Waals surface area contributed by atoms with Crippen molar-refractivity contribution >= 4 is 29.0 Å². The maximum Gasteiger partial charge on any atom is 0.281 e. The molecule has 1 unspecified atom stereocenters. The summed E-state index contributed by atoms with van der Waals surface area (Å²) in [4.78, 5) is 47.8. The predicted molar refractivity (Wildman–Crippen MR) is 139 cm³/mol. The number of carbonyl (C=O) groups is 3. The molecule has 2 aromatic carbocycles. The largest absolute Gasteiger partial charge is 0.405 e. The molecule has 0 fully saturated rings. The molecule has 0 spiro atoms. The van der Waals surface area contributed by atoms with Gasteiger partial charge < -0.3 is 10.8 Å². The molecule has 3 aromatic rings. The van der Waals surface area contributed by atoms with Crippen LogP contribution in [0, 0.1) is 0 Å². The van der Waals surface area contributed by atoms with Crippen LogP contribution in [0.15, 0.2) is 121 Å². The Balaban J connectivity index is 1.74. The number of Topliss-reactive ketones (excluding diaryl/α,β-unsaturated/α-hetero) is 1. The summed E-state index contributed by atoms with van der Waals surface area (Å²) in [5, 5.41) is 11.5. The highest BCUT2D eigenvalue weighted by Crippen LogP contribution is 2.48. The van der Waals surface area contributed by atoms with Crippen molar-refractivity contribution < 1.29 is 19.5 Å². The quantitative estimate of drug-likeness (QED) is 0.424. The number of amides is 2. The van der Waals surface area contributed by atoms with Crippen molar-refractivity contribution in [1.82, 2.24) is 4.98 Å². The first kappa shape index (κ1) is 23.7. The van der Waals surface area contributed by atoms with E-state index in [4.69, 9.17) is 5.73 Å². The number of hydrogen-bond acceptors (Lipinski definition) is 6. The molecule has 2 amide bonds. The number of ketones is 1. The zero-order valence-corrected chi connectivity index (χ0v) is 19.6. The molecule has 2 aliphatic heterocycles. The molecule has 0 bridgehead atoms. The number of para-hydroxylation sites is 2. The van der Waals surface area contributed by atoms with Crippen molar-refractivity contribution in [3.05, 3.63) is 138 Å². The van der Waals surface area contributed by atoms with Gasteiger partial charge in [0.15, 0.2) is 0 Å². The minimum Gasteiger partial charge on any atom is -0.405 e. The third kappa shape index (κ3) is 3.85. The maximum absolute atomic E-state index is 13.8. The number of allylic oxidation sites excluding steroid dienone is 3. The van der Waals surface area contributed by atoms with Crippen LogP contribution >= 0.6 is 0 Å². The number of anilines is 2. The number of benzene rings is 2. The number of aliphatic hydroxyl groups excluding tert-OH is 1. The average Bonchev–Trinajstić information content (AvgIpc) is 3.39. The van der Waals surface area contributed by atoms with E-state index < -0.39 is 23.7 Å². The second-order valence-electron chi connectivity index (χ2n) is 8.31. The molecule has 3 N–H and O–H groups in total. The van der Waals surface area contributed by atoms with Gasteiger partial charge in [0.25, 0.3) is 11.8 Å². The topological polar surface area (TPSA) is 117 Å². The molecule has 0 saturated heterocycles. The Morgan fingerprint density at radius 2 is 1.65 bits per heavy atom. The van der Waals surface area contributed by atoms with E-state index in [1.807, 2.05) is 0 Å². The van der Waals surface area contributed by atoms with Crippen LogP contribution in [0.2, 0.25) is 0 Å². The molecule has 0 saturated carbocycles. The SMILES string of the molecule is C=C(/C=C\C=C/N)C(=O)N1/C(=C2\C(O)c3ccccc3N2C(=O)c2ccccn2)C(=O)c2ccccc21. The molecule has 5 rings (SSSR count). The lowest BCUT2D eigenvalue weighted by Gasteiger charge is -2.26. The molecule has 3 heterocycles. The van der Waals surface area contributed by atoms with E-state index in [0.717, 1.165) is 0 Å². The van der Waals surface area contributed by atoms with E-state index in [9.17, 15) is 19.5 Å². The van der Waals surface area contributed by atoms with Gasteiger partial charge >= 0.3 is 0 Å². The van der Waals surface area contributed by atoms with Gasteiger partial charge in [0.1, 0.15) is 17.5 Å². The lowest BCUT2D eigenvalue weighted by Crippen LogP contribution is -2.36. The van der Waals surface area contributed by atoms with E-state index >= 15 is 0 Å². The van der Waals surface area contributed by atoms with Gasteiger partial charge in [0.05, 0.1) is 17.1 Å². The van der Waals surface area contributed by atoms with Crippen LogP contribution in [0.1, 0.15) is 32.5 Å². The van der Waals surface area contributed by atoms with Crippen molar-refractivity contribution in [3.63, 3.8) is 0 Å². The lowest BCUT2D eigenvalue weighted by molar-refractivity contribution is -0.114. The smallest absolute Gasteiger partial charge is 0.281 e. The van der Waals surface area contributed by atoms with Crippen molar-refractivity contribution in [3.8, 4) is 0 Å². The third-order valence-corrected chi connectivity index (χ3v) is 6.13. The predicted octanol–water partition coefficient (Wildman–Crippen LogP) is 3.80. The van der Waals surface area contributed by atoms with Gasteiger partial charge in [-0.3, -0.25) is 29.2 Å². The second-order valence-corrected chi connectivity index (χ2v) is 8.31. The highest BCUT2D eigenvalue weighted by atomic mass is 16.3. The number of pyridine rings is 1. The van der Waals surface area contributed by atoms with Crippen molar-refractivity contribution in [2.75, 3.05) is 9.80 Å². The zero-order chi connectivity index (χ0) is 26.1. The number of aliphatic hydroxyl groups is 1. The number of hydrogen-bond donors (Lipinski definition) is 2. The molecular weight excluding hydrogens is 468 g/mol. The van der Waals surface area contributed by atoms with Gasteiger partial charge in [-0.15, -0.1) is 0 Å². The Labute approximate surface area is 213 Å². The van der Waals surface area contributed by atoms with Crippen LogP contribution < -0.4 is 15.5 Å². The fourth-order valence-corrected chi connectivity index (χ4v) is 4.48. The summed E-state index contributed by atoms with van der Waals surface area (Å²) in [5.41, 5.74) is 6.84. The van der Waals surface area contributed by atoms with E-state index in [0.29, 0.717) is 16.9 Å². The van der Waals surface area contributed by atoms with Crippen LogP contribution in [0.5, 0.6) is 0 Å². The Hall–Kier alpha value is -5.08. The van der Waals surface area contributed by atoms with Gasteiger partial charge in [-0.05, 0) is 48.7 Å². The van der Waals surface area contributed by atoms with Gasteiger partial charge in [0.2, 0.25) is 5.78 Å². The van der Waals surface area contributed by atoms with Crippen molar-refractivity contribution in [2.24, 2.45) is 5.73 Å². The molecule has 8 nitrogen and oxygen atoms in total. The number of fused-ring (bicyclic) bond motifs is 2. The van der Waals surface area contributed by atoms with E-state index in [2.05, 4.69) is 11.6 Å². The van der Waals surface area contributed by atoms with E-state index in [1.54, 1.807) is 72.8 Å². The van der Waals surface area contributed by atoms with Crippen molar-refractivity contribution in [1.29, 1.82) is 0 Å². The summed E-state index contributed by atoms with van der Waals surface area (Å²) in [6.07, 6.45) is 5.99. The molecular formula is C29H22N4O4. The monoisotopic (exact) mass is 490 g/mol. The number of aromatic nitrogens is 1. The average molecular weight is 491 g/mol. The van der Waals surface area contributed by atoms with Crippen LogP contribution in [-0.4, -0.2) is 27.7 Å². The normalized spacial score (nSPS) is 18.5. The standard InChI is InChI=1S/C29H22N4O4/c1-18(10-6-8-16-30)28(36)32-22-14-4-2-11-19(22)26(34)24(32)25-27(35)20-12-3-5-15-23(20)33(25)29(37)21-13-7-9-17-31-21/h2-17,27,35H,1,30H2/b10-6-,16-8-,25-24+. The summed E-state index contributed by atoms with van der Waals surface area (Å²) < 4.78 is 0. The Bertz CT molecular complexity index is 1540. The minimum atomic E-state index is -1.35. The maximum atomic E-state index is 13.8. The summed E-state index contributed by atoms with van der Waals surface area (Å²) in [6, 6.07) is 18.3. The first-order valence-corrected chi connectivity index (χ1v) is 11.4. The molecule has 2 aliphatic rings. The molecule has 0 aliphatic carbocycles. The Morgan fingerprint density at radius 3 is 2.38 bits per heavy atom. The number of nitrogens with two attached hydrogens (primary N) is 1. The molecule has 1 atom stereocenters. The van der Waals surface area contributed by atoms with E-state index in [1.165, 1.54) is 34.3 Å². The Morgan fingerprint density at radius 1 is 0.946 bits per heavy atom. The number of nitrogens with zero attached hydrogens (tertiary/aromatic N) is 3. The highest BCUT2D eigenvalue weighted by molar-refractivity contribution is 6.29. The van der Waals surface area contributed by atoms with Gasteiger partial charge in [0, 0.05) is 22.9 Å². The van der Waals surface area contributed by atoms with Crippen LogP contribution in [0.4, 0.5) is 11.4 Å². The summed E-state index contributed by atoms with van der Waals surface area (Å²) >= 11 is 0. The first-order valence-electron chi connectivity index (χ1n) is 11.4. The van der Waals surface area contributed by atoms with Gasteiger partial charge in [-0.2, -0.15) is 0 Å². The van der Waals surface area contributed by atoms with Gasteiger partial charge in [-0.25, -0.2) is 0 Å². The molecule has 37 heavy (non-hydrogen) atoms. The fraction of sp³-hybridized carbons (Fsp3) is 0.0345. The van der Waals surface area contributed by atoms with Crippen LogP contribution in [-0.2, 0) is 4.79 Å². The lowest BCUT2D eigenvalue weighted by atomic mass is 10.1. The molecule has 8 heteroatoms. The molecule has 1 aromatic heterocycles. The number of rotatable bonds is 4. The summed E-state index contributed by atoms with van der Waals surface area (Å²) in [5.74, 6) is -1.63. The first-order chi connectivity index (χ1) is 18.0. The van der Waals surface area contributed by atoms with Gasteiger partial charge in [-0.1, -0.05) is 49.1 Å². The Kier molecular flexibility index (Phi) is 6.09. The van der Waals surface area contributed by atoms with Crippen LogP contribution in [0.25, 0.3) is 0 Å². The molecule has 0 radical (unpaired) electrons. The summed E-state index contributed by atoms with van der Waals surface area (Å²) in [7, 11) is 0. The number of carbonyl (C=O) groups excluding carboxylic acids is 3. The van der Waals surface area contributed by atoms with Crippen LogP contribution in [0.3, 0.4) is 0 Å². The third-order valence-electron chi connectivity index (χ3n) is 6.13. The minimum absolute atomic E-state index is 0.0231. The second kappa shape index (κ2) is 9.52. The van der Waals surface area contributed by atoms with Crippen molar-refractivity contribution in [2.45, 2.75) is 6.10 Å². The highest BCUT2D eigenvalue weighted by Gasteiger charge is 2.46. The summed E-state index contributed by atoms with van der Waals surface area (Å²) in [6.45, 7) is 3.85.